The van der Waals surface area contributed by atoms with Crippen LogP contribution in [-0.4, -0.2) is 24.9 Å². The molecule has 0 amide bonds. The predicted octanol–water partition coefficient (Wildman–Crippen LogP) is 5.27. The molecule has 1 fully saturated rings. The lowest BCUT2D eigenvalue weighted by Crippen LogP contribution is -2.29. The number of hydroxylamine groups is 1. The Morgan fingerprint density at radius 1 is 1.06 bits per heavy atom. The van der Waals surface area contributed by atoms with Crippen molar-refractivity contribution in [1.82, 2.24) is 0 Å². The standard InChI is InChI=1S/C25H27FN2O3/c1-18-21(15-28(31-18)23-11-9-22(26)10-12-23)17-30-25-8-4-7-24(13-25)29-16-20-6-3-2-5-19(20)14-27/h2-3,5-6,9-12,15,18,24-25H,4,7-8,13,16-17H2,1H3/t18?,24-,25+/m1/s1. The molecule has 31 heavy (non-hydrogen) atoms. The summed E-state index contributed by atoms with van der Waals surface area (Å²) in [5, 5.41) is 10.9. The van der Waals surface area contributed by atoms with Gasteiger partial charge in [0.1, 0.15) is 11.9 Å². The molecule has 1 unspecified atom stereocenters. The number of anilines is 1. The molecule has 4 rings (SSSR count). The lowest BCUT2D eigenvalue weighted by atomic mass is 9.94. The molecule has 2 aromatic carbocycles. The highest BCUT2D eigenvalue weighted by Crippen LogP contribution is 2.29. The van der Waals surface area contributed by atoms with Gasteiger partial charge in [0.05, 0.1) is 42.7 Å². The second-order valence-corrected chi connectivity index (χ2v) is 8.06. The molecule has 1 heterocycles. The van der Waals surface area contributed by atoms with Crippen molar-refractivity contribution in [3.05, 3.63) is 77.2 Å². The first kappa shape index (κ1) is 21.5. The van der Waals surface area contributed by atoms with E-state index in [1.54, 1.807) is 17.2 Å². The van der Waals surface area contributed by atoms with Gasteiger partial charge in [0.15, 0.2) is 0 Å². The van der Waals surface area contributed by atoms with Gasteiger partial charge >= 0.3 is 0 Å². The number of hydrogen-bond donors (Lipinski definition) is 0. The third-order valence-corrected chi connectivity index (χ3v) is 5.83. The first-order valence-electron chi connectivity index (χ1n) is 10.8. The third kappa shape index (κ3) is 5.50. The van der Waals surface area contributed by atoms with E-state index in [-0.39, 0.29) is 24.1 Å². The zero-order valence-electron chi connectivity index (χ0n) is 17.7. The Balaban J connectivity index is 1.28. The van der Waals surface area contributed by atoms with Crippen molar-refractivity contribution in [2.45, 2.75) is 57.5 Å². The minimum atomic E-state index is -0.270. The number of ether oxygens (including phenoxy) is 2. The van der Waals surface area contributed by atoms with E-state index in [4.69, 9.17) is 14.3 Å². The monoisotopic (exact) mass is 422 g/mol. The van der Waals surface area contributed by atoms with E-state index < -0.39 is 0 Å². The van der Waals surface area contributed by atoms with Crippen LogP contribution in [0.3, 0.4) is 0 Å². The lowest BCUT2D eigenvalue weighted by molar-refractivity contribution is -0.0471. The Hall–Kier alpha value is -2.72. The molecule has 2 aromatic rings. The van der Waals surface area contributed by atoms with E-state index in [1.807, 2.05) is 37.4 Å². The summed E-state index contributed by atoms with van der Waals surface area (Å²) in [4.78, 5) is 5.86. The number of nitriles is 1. The van der Waals surface area contributed by atoms with Crippen molar-refractivity contribution in [3.63, 3.8) is 0 Å². The third-order valence-electron chi connectivity index (χ3n) is 5.83. The predicted molar refractivity (Wildman–Crippen MR) is 115 cm³/mol. The van der Waals surface area contributed by atoms with Crippen molar-refractivity contribution in [2.75, 3.05) is 11.7 Å². The van der Waals surface area contributed by atoms with Crippen molar-refractivity contribution in [3.8, 4) is 6.07 Å². The molecule has 1 saturated carbocycles. The number of halogens is 1. The Morgan fingerprint density at radius 2 is 1.77 bits per heavy atom. The van der Waals surface area contributed by atoms with E-state index in [1.165, 1.54) is 12.1 Å². The van der Waals surface area contributed by atoms with Crippen LogP contribution in [0, 0.1) is 17.1 Å². The van der Waals surface area contributed by atoms with Crippen LogP contribution < -0.4 is 5.06 Å². The Labute approximate surface area is 182 Å². The van der Waals surface area contributed by atoms with Crippen LogP contribution in [0.5, 0.6) is 0 Å². The van der Waals surface area contributed by atoms with Gasteiger partial charge < -0.3 is 9.47 Å². The van der Waals surface area contributed by atoms with Gasteiger partial charge in [-0.05, 0) is 68.5 Å². The summed E-state index contributed by atoms with van der Waals surface area (Å²) in [5.74, 6) is -0.270. The second-order valence-electron chi connectivity index (χ2n) is 8.06. The van der Waals surface area contributed by atoms with Crippen LogP contribution in [0.15, 0.2) is 60.3 Å². The number of nitrogens with zero attached hydrogens (tertiary/aromatic N) is 2. The average Bonchev–Trinajstić information content (AvgIpc) is 3.17. The van der Waals surface area contributed by atoms with Crippen LogP contribution in [0.4, 0.5) is 10.1 Å². The maximum atomic E-state index is 13.2. The van der Waals surface area contributed by atoms with Crippen molar-refractivity contribution >= 4 is 5.69 Å². The summed E-state index contributed by atoms with van der Waals surface area (Å²) in [6.07, 6.45) is 6.02. The molecule has 5 nitrogen and oxygen atoms in total. The summed E-state index contributed by atoms with van der Waals surface area (Å²) in [5.41, 5.74) is 3.43. The minimum absolute atomic E-state index is 0.0943. The molecule has 0 saturated heterocycles. The Kier molecular flexibility index (Phi) is 6.98. The normalized spacial score (nSPS) is 23.5. The van der Waals surface area contributed by atoms with Gasteiger partial charge in [-0.3, -0.25) is 4.84 Å². The number of rotatable bonds is 7. The molecule has 0 aromatic heterocycles. The fraction of sp³-hybridized carbons (Fsp3) is 0.400. The van der Waals surface area contributed by atoms with E-state index in [2.05, 4.69) is 6.07 Å². The average molecular weight is 423 g/mol. The first-order chi connectivity index (χ1) is 15.1. The Bertz CT molecular complexity index is 954. The van der Waals surface area contributed by atoms with E-state index in [0.717, 1.165) is 42.5 Å². The van der Waals surface area contributed by atoms with Gasteiger partial charge in [-0.2, -0.15) is 5.26 Å². The van der Waals surface area contributed by atoms with E-state index in [0.29, 0.717) is 18.8 Å². The molecule has 1 aliphatic carbocycles. The van der Waals surface area contributed by atoms with Crippen molar-refractivity contribution in [1.29, 1.82) is 5.26 Å². The zero-order chi connectivity index (χ0) is 21.6. The van der Waals surface area contributed by atoms with Crippen molar-refractivity contribution in [2.24, 2.45) is 0 Å². The van der Waals surface area contributed by atoms with Crippen LogP contribution >= 0.6 is 0 Å². The smallest absolute Gasteiger partial charge is 0.123 e. The van der Waals surface area contributed by atoms with Crippen LogP contribution in [0.2, 0.25) is 0 Å². The van der Waals surface area contributed by atoms with E-state index >= 15 is 0 Å². The topological polar surface area (TPSA) is 54.7 Å². The summed E-state index contributed by atoms with van der Waals surface area (Å²) >= 11 is 0. The molecule has 6 heteroatoms. The molecule has 2 aliphatic rings. The highest BCUT2D eigenvalue weighted by atomic mass is 19.1. The van der Waals surface area contributed by atoms with Gasteiger partial charge in [0.25, 0.3) is 0 Å². The quantitative estimate of drug-likeness (QED) is 0.609. The molecule has 162 valence electrons. The summed E-state index contributed by atoms with van der Waals surface area (Å²) < 4.78 is 25.5. The fourth-order valence-corrected chi connectivity index (χ4v) is 3.98. The maximum absolute atomic E-state index is 13.2. The summed E-state index contributed by atoms with van der Waals surface area (Å²) in [6.45, 7) is 2.93. The molecule has 0 bridgehead atoms. The highest BCUT2D eigenvalue weighted by molar-refractivity contribution is 5.48. The van der Waals surface area contributed by atoms with Gasteiger partial charge in [-0.15, -0.1) is 0 Å². The van der Waals surface area contributed by atoms with Crippen LogP contribution in [-0.2, 0) is 20.9 Å². The molecule has 0 N–H and O–H groups in total. The van der Waals surface area contributed by atoms with Gasteiger partial charge in [-0.25, -0.2) is 9.45 Å². The van der Waals surface area contributed by atoms with E-state index in [9.17, 15) is 9.65 Å². The summed E-state index contributed by atoms with van der Waals surface area (Å²) in [6, 6.07) is 16.0. The van der Waals surface area contributed by atoms with Gasteiger partial charge in [0, 0.05) is 11.8 Å². The molecular formula is C25H27FN2O3. The highest BCUT2D eigenvalue weighted by Gasteiger charge is 2.27. The fourth-order valence-electron chi connectivity index (χ4n) is 3.98. The SMILES string of the molecule is CC1ON(c2ccc(F)cc2)C=C1CO[C@H]1CCC[C@@H](OCc2ccccc2C#N)C1. The minimum Gasteiger partial charge on any atom is -0.374 e. The molecule has 0 radical (unpaired) electrons. The molecule has 1 aliphatic heterocycles. The maximum Gasteiger partial charge on any atom is 0.123 e. The molecule has 3 atom stereocenters. The van der Waals surface area contributed by atoms with Crippen LogP contribution in [0.25, 0.3) is 0 Å². The zero-order valence-corrected chi connectivity index (χ0v) is 17.7. The van der Waals surface area contributed by atoms with Gasteiger partial charge in [0.2, 0.25) is 0 Å². The molecular weight excluding hydrogens is 395 g/mol. The van der Waals surface area contributed by atoms with Gasteiger partial charge in [-0.1, -0.05) is 18.2 Å². The number of benzene rings is 2. The second kappa shape index (κ2) is 10.1. The first-order valence-corrected chi connectivity index (χ1v) is 10.8. The molecule has 0 spiro atoms. The largest absolute Gasteiger partial charge is 0.374 e. The number of hydrogen-bond acceptors (Lipinski definition) is 5. The van der Waals surface area contributed by atoms with Crippen LogP contribution in [0.1, 0.15) is 43.7 Å². The van der Waals surface area contributed by atoms with Crippen molar-refractivity contribution < 1.29 is 18.7 Å². The lowest BCUT2D eigenvalue weighted by Gasteiger charge is -2.29. The Morgan fingerprint density at radius 3 is 2.52 bits per heavy atom. The summed E-state index contributed by atoms with van der Waals surface area (Å²) in [7, 11) is 0.